The van der Waals surface area contributed by atoms with Crippen molar-refractivity contribution in [2.24, 2.45) is 5.73 Å². The third-order valence-electron chi connectivity index (χ3n) is 2.32. The number of hydrogen-bond donors (Lipinski definition) is 2. The zero-order valence-electron chi connectivity index (χ0n) is 8.42. The van der Waals surface area contributed by atoms with E-state index in [1.165, 1.54) is 0 Å². The second kappa shape index (κ2) is 4.46. The molecule has 13 heavy (non-hydrogen) atoms. The predicted octanol–water partition coefficient (Wildman–Crippen LogP) is 0.527. The highest BCUT2D eigenvalue weighted by Gasteiger charge is 2.27. The molecule has 4 nitrogen and oxygen atoms in total. The summed E-state index contributed by atoms with van der Waals surface area (Å²) in [6.07, 6.45) is 2.12. The van der Waals surface area contributed by atoms with E-state index in [0.717, 1.165) is 19.4 Å². The lowest BCUT2D eigenvalue weighted by molar-refractivity contribution is 0.191. The van der Waals surface area contributed by atoms with E-state index in [9.17, 15) is 4.79 Å². The van der Waals surface area contributed by atoms with E-state index >= 15 is 0 Å². The molecule has 0 bridgehead atoms. The van der Waals surface area contributed by atoms with Crippen molar-refractivity contribution in [3.63, 3.8) is 0 Å². The van der Waals surface area contributed by atoms with Gasteiger partial charge in [-0.3, -0.25) is 0 Å². The molecular formula is C9H19N3O. The SMILES string of the molecule is CC(C)NC(=O)N1CCCC1CN. The molecule has 1 aliphatic rings. The van der Waals surface area contributed by atoms with Gasteiger partial charge in [0, 0.05) is 25.2 Å². The molecule has 0 spiro atoms. The number of rotatable bonds is 2. The number of nitrogens with zero attached hydrogens (tertiary/aromatic N) is 1. The molecule has 0 aliphatic carbocycles. The van der Waals surface area contributed by atoms with Crippen LogP contribution in [0.2, 0.25) is 0 Å². The molecule has 76 valence electrons. The van der Waals surface area contributed by atoms with E-state index in [2.05, 4.69) is 5.32 Å². The van der Waals surface area contributed by atoms with Crippen LogP contribution < -0.4 is 11.1 Å². The minimum Gasteiger partial charge on any atom is -0.336 e. The van der Waals surface area contributed by atoms with Crippen molar-refractivity contribution >= 4 is 6.03 Å². The van der Waals surface area contributed by atoms with Crippen molar-refractivity contribution in [3.05, 3.63) is 0 Å². The molecule has 1 heterocycles. The summed E-state index contributed by atoms with van der Waals surface area (Å²) in [5, 5.41) is 2.88. The standard InChI is InChI=1S/C9H19N3O/c1-7(2)11-9(13)12-5-3-4-8(12)6-10/h7-8H,3-6,10H2,1-2H3,(H,11,13). The number of carbonyl (C=O) groups is 1. The summed E-state index contributed by atoms with van der Waals surface area (Å²) in [6.45, 7) is 5.35. The highest BCUT2D eigenvalue weighted by molar-refractivity contribution is 5.75. The Balaban J connectivity index is 2.45. The van der Waals surface area contributed by atoms with Gasteiger partial charge in [0.2, 0.25) is 0 Å². The fraction of sp³-hybridized carbons (Fsp3) is 0.889. The third kappa shape index (κ3) is 2.59. The first-order valence-electron chi connectivity index (χ1n) is 4.92. The van der Waals surface area contributed by atoms with Crippen LogP contribution in [-0.4, -0.2) is 36.1 Å². The van der Waals surface area contributed by atoms with Crippen LogP contribution in [0.1, 0.15) is 26.7 Å². The van der Waals surface area contributed by atoms with E-state index in [1.807, 2.05) is 18.7 Å². The molecule has 0 aromatic heterocycles. The molecular weight excluding hydrogens is 166 g/mol. The normalized spacial score (nSPS) is 22.5. The number of nitrogens with one attached hydrogen (secondary N) is 1. The number of nitrogens with two attached hydrogens (primary N) is 1. The van der Waals surface area contributed by atoms with Crippen molar-refractivity contribution in [3.8, 4) is 0 Å². The van der Waals surface area contributed by atoms with Crippen molar-refractivity contribution in [2.75, 3.05) is 13.1 Å². The number of hydrogen-bond acceptors (Lipinski definition) is 2. The van der Waals surface area contributed by atoms with Crippen molar-refractivity contribution in [2.45, 2.75) is 38.8 Å². The molecule has 3 N–H and O–H groups in total. The average molecular weight is 185 g/mol. The first-order chi connectivity index (χ1) is 6.15. The van der Waals surface area contributed by atoms with E-state index in [4.69, 9.17) is 5.73 Å². The van der Waals surface area contributed by atoms with Gasteiger partial charge in [-0.1, -0.05) is 0 Å². The first-order valence-corrected chi connectivity index (χ1v) is 4.92. The van der Waals surface area contributed by atoms with Crippen LogP contribution in [0.25, 0.3) is 0 Å². The van der Waals surface area contributed by atoms with Gasteiger partial charge in [0.15, 0.2) is 0 Å². The molecule has 1 fully saturated rings. The Morgan fingerprint density at radius 2 is 2.38 bits per heavy atom. The van der Waals surface area contributed by atoms with Crippen LogP contribution in [-0.2, 0) is 0 Å². The number of carbonyl (C=O) groups excluding carboxylic acids is 1. The molecule has 1 atom stereocenters. The zero-order valence-corrected chi connectivity index (χ0v) is 8.42. The lowest BCUT2D eigenvalue weighted by atomic mass is 10.2. The minimum absolute atomic E-state index is 0.0305. The lowest BCUT2D eigenvalue weighted by Gasteiger charge is -2.24. The summed E-state index contributed by atoms with van der Waals surface area (Å²) in [6, 6.07) is 0.480. The number of amides is 2. The Hall–Kier alpha value is -0.770. The Bertz CT molecular complexity index is 182. The summed E-state index contributed by atoms with van der Waals surface area (Å²) in [5.74, 6) is 0. The Morgan fingerprint density at radius 3 is 2.92 bits per heavy atom. The van der Waals surface area contributed by atoms with Crippen LogP contribution in [0.5, 0.6) is 0 Å². The average Bonchev–Trinajstić information content (AvgIpc) is 2.49. The van der Waals surface area contributed by atoms with Gasteiger partial charge in [-0.25, -0.2) is 4.79 Å². The summed E-state index contributed by atoms with van der Waals surface area (Å²) in [5.41, 5.74) is 5.57. The number of urea groups is 1. The predicted molar refractivity (Wildman–Crippen MR) is 52.5 cm³/mol. The molecule has 1 rings (SSSR count). The molecule has 2 amide bonds. The van der Waals surface area contributed by atoms with E-state index < -0.39 is 0 Å². The smallest absolute Gasteiger partial charge is 0.317 e. The maximum absolute atomic E-state index is 11.6. The van der Waals surface area contributed by atoms with Gasteiger partial charge in [0.25, 0.3) is 0 Å². The van der Waals surface area contributed by atoms with Gasteiger partial charge in [-0.15, -0.1) is 0 Å². The molecule has 0 aromatic carbocycles. The van der Waals surface area contributed by atoms with E-state index in [-0.39, 0.29) is 18.1 Å². The van der Waals surface area contributed by atoms with Gasteiger partial charge in [-0.05, 0) is 26.7 Å². The van der Waals surface area contributed by atoms with E-state index in [0.29, 0.717) is 6.54 Å². The van der Waals surface area contributed by atoms with Gasteiger partial charge in [-0.2, -0.15) is 0 Å². The van der Waals surface area contributed by atoms with Crippen molar-refractivity contribution < 1.29 is 4.79 Å². The third-order valence-corrected chi connectivity index (χ3v) is 2.32. The summed E-state index contributed by atoms with van der Waals surface area (Å²) < 4.78 is 0. The molecule has 1 saturated heterocycles. The molecule has 4 heteroatoms. The maximum atomic E-state index is 11.6. The van der Waals surface area contributed by atoms with Crippen LogP contribution >= 0.6 is 0 Å². The van der Waals surface area contributed by atoms with Gasteiger partial charge in [0.1, 0.15) is 0 Å². The van der Waals surface area contributed by atoms with Crippen molar-refractivity contribution in [1.29, 1.82) is 0 Å². The maximum Gasteiger partial charge on any atom is 0.317 e. The Kier molecular flexibility index (Phi) is 3.54. The van der Waals surface area contributed by atoms with Gasteiger partial charge < -0.3 is 16.0 Å². The van der Waals surface area contributed by atoms with Crippen molar-refractivity contribution in [1.82, 2.24) is 10.2 Å². The van der Waals surface area contributed by atoms with Gasteiger partial charge >= 0.3 is 6.03 Å². The fourth-order valence-electron chi connectivity index (χ4n) is 1.68. The van der Waals surface area contributed by atoms with Crippen LogP contribution in [0.4, 0.5) is 4.79 Å². The zero-order chi connectivity index (χ0) is 9.84. The second-order valence-electron chi connectivity index (χ2n) is 3.83. The molecule has 0 radical (unpaired) electrons. The fourth-order valence-corrected chi connectivity index (χ4v) is 1.68. The molecule has 1 unspecified atom stereocenters. The molecule has 0 saturated carbocycles. The monoisotopic (exact) mass is 185 g/mol. The number of likely N-dealkylation sites (tertiary alicyclic amines) is 1. The highest BCUT2D eigenvalue weighted by Crippen LogP contribution is 2.15. The summed E-state index contributed by atoms with van der Waals surface area (Å²) >= 11 is 0. The van der Waals surface area contributed by atoms with Crippen LogP contribution in [0.3, 0.4) is 0 Å². The van der Waals surface area contributed by atoms with Gasteiger partial charge in [0.05, 0.1) is 0 Å². The van der Waals surface area contributed by atoms with Crippen LogP contribution in [0.15, 0.2) is 0 Å². The van der Waals surface area contributed by atoms with Crippen LogP contribution in [0, 0.1) is 0 Å². The summed E-state index contributed by atoms with van der Waals surface area (Å²) in [7, 11) is 0. The lowest BCUT2D eigenvalue weighted by Crippen LogP contribution is -2.47. The quantitative estimate of drug-likeness (QED) is 0.659. The Morgan fingerprint density at radius 1 is 1.69 bits per heavy atom. The summed E-state index contributed by atoms with van der Waals surface area (Å²) in [4.78, 5) is 13.4. The molecule has 0 aromatic rings. The first kappa shape index (κ1) is 10.3. The minimum atomic E-state index is 0.0305. The largest absolute Gasteiger partial charge is 0.336 e. The second-order valence-corrected chi connectivity index (χ2v) is 3.83. The topological polar surface area (TPSA) is 58.4 Å². The Labute approximate surface area is 79.5 Å². The van der Waals surface area contributed by atoms with E-state index in [1.54, 1.807) is 0 Å². The molecule has 1 aliphatic heterocycles. The highest BCUT2D eigenvalue weighted by atomic mass is 16.2.